The second-order valence-corrected chi connectivity index (χ2v) is 4.43. The zero-order valence-corrected chi connectivity index (χ0v) is 11.7. The third kappa shape index (κ3) is 7.44. The summed E-state index contributed by atoms with van der Waals surface area (Å²) in [6, 6.07) is 8.05. The van der Waals surface area contributed by atoms with Gasteiger partial charge in [-0.2, -0.15) is 0 Å². The molecule has 1 N–H and O–H groups in total. The Morgan fingerprint density at radius 3 is 2.68 bits per heavy atom. The number of rotatable bonds is 10. The Bertz CT molecular complexity index is 384. The molecule has 0 fully saturated rings. The van der Waals surface area contributed by atoms with Crippen molar-refractivity contribution in [3.8, 4) is 5.75 Å². The molecule has 0 saturated heterocycles. The SMILES string of the molecule is C=CCOc1ccc(CNCCOCC(=C)C)cc1. The summed E-state index contributed by atoms with van der Waals surface area (Å²) in [5.41, 5.74) is 2.28. The monoisotopic (exact) mass is 261 g/mol. The number of ether oxygens (including phenoxy) is 2. The molecule has 0 radical (unpaired) electrons. The van der Waals surface area contributed by atoms with Crippen LogP contribution in [0.15, 0.2) is 49.1 Å². The number of nitrogens with one attached hydrogen (secondary N) is 1. The van der Waals surface area contributed by atoms with E-state index in [2.05, 4.69) is 30.6 Å². The van der Waals surface area contributed by atoms with Gasteiger partial charge in [0.05, 0.1) is 13.2 Å². The molecule has 1 rings (SSSR count). The Labute approximate surface area is 115 Å². The van der Waals surface area contributed by atoms with Crippen molar-refractivity contribution in [3.63, 3.8) is 0 Å². The van der Waals surface area contributed by atoms with Crippen LogP contribution in [0.4, 0.5) is 0 Å². The van der Waals surface area contributed by atoms with Crippen molar-refractivity contribution in [2.24, 2.45) is 0 Å². The number of hydrogen-bond donors (Lipinski definition) is 1. The molecule has 0 unspecified atom stereocenters. The summed E-state index contributed by atoms with van der Waals surface area (Å²) < 4.78 is 10.8. The minimum Gasteiger partial charge on any atom is -0.490 e. The van der Waals surface area contributed by atoms with E-state index in [-0.39, 0.29) is 0 Å². The molecule has 0 aliphatic heterocycles. The molecular weight excluding hydrogens is 238 g/mol. The van der Waals surface area contributed by atoms with Gasteiger partial charge in [0.1, 0.15) is 12.4 Å². The van der Waals surface area contributed by atoms with Crippen molar-refractivity contribution >= 4 is 0 Å². The maximum atomic E-state index is 5.42. The molecule has 0 aromatic heterocycles. The van der Waals surface area contributed by atoms with Crippen LogP contribution in [-0.4, -0.2) is 26.4 Å². The third-order valence-electron chi connectivity index (χ3n) is 2.39. The molecule has 0 heterocycles. The second kappa shape index (κ2) is 9.36. The Balaban J connectivity index is 2.15. The van der Waals surface area contributed by atoms with Gasteiger partial charge in [0, 0.05) is 13.1 Å². The summed E-state index contributed by atoms with van der Waals surface area (Å²) in [5, 5.41) is 3.33. The minimum absolute atomic E-state index is 0.539. The Morgan fingerprint density at radius 1 is 1.32 bits per heavy atom. The van der Waals surface area contributed by atoms with Gasteiger partial charge in [0.2, 0.25) is 0 Å². The summed E-state index contributed by atoms with van der Waals surface area (Å²) >= 11 is 0. The van der Waals surface area contributed by atoms with Crippen LogP contribution in [0, 0.1) is 0 Å². The van der Waals surface area contributed by atoms with Gasteiger partial charge in [-0.25, -0.2) is 0 Å². The van der Waals surface area contributed by atoms with Gasteiger partial charge in [0.15, 0.2) is 0 Å². The minimum atomic E-state index is 0.539. The summed E-state index contributed by atoms with van der Waals surface area (Å²) in [7, 11) is 0. The Morgan fingerprint density at radius 2 is 2.05 bits per heavy atom. The van der Waals surface area contributed by atoms with Crippen molar-refractivity contribution in [1.29, 1.82) is 0 Å². The van der Waals surface area contributed by atoms with Crippen LogP contribution in [0.25, 0.3) is 0 Å². The van der Waals surface area contributed by atoms with Crippen LogP contribution in [0.5, 0.6) is 5.75 Å². The van der Waals surface area contributed by atoms with Gasteiger partial charge in [-0.1, -0.05) is 36.9 Å². The van der Waals surface area contributed by atoms with Crippen LogP contribution in [0.2, 0.25) is 0 Å². The highest BCUT2D eigenvalue weighted by molar-refractivity contribution is 5.27. The lowest BCUT2D eigenvalue weighted by Crippen LogP contribution is -2.19. The zero-order valence-electron chi connectivity index (χ0n) is 11.7. The maximum absolute atomic E-state index is 5.42. The molecule has 1 aromatic carbocycles. The van der Waals surface area contributed by atoms with E-state index in [1.807, 2.05) is 19.1 Å². The third-order valence-corrected chi connectivity index (χ3v) is 2.39. The van der Waals surface area contributed by atoms with E-state index in [0.29, 0.717) is 19.8 Å². The van der Waals surface area contributed by atoms with Crippen molar-refractivity contribution in [2.75, 3.05) is 26.4 Å². The standard InChI is InChI=1S/C16H23NO2/c1-4-10-19-16-7-5-15(6-8-16)12-17-9-11-18-13-14(2)3/h4-8,17H,1-2,9-13H2,3H3. The lowest BCUT2D eigenvalue weighted by molar-refractivity contribution is 0.158. The summed E-state index contributed by atoms with van der Waals surface area (Å²) in [4.78, 5) is 0. The molecule has 0 saturated carbocycles. The molecule has 3 nitrogen and oxygen atoms in total. The summed E-state index contributed by atoms with van der Waals surface area (Å²) in [6.45, 7) is 12.9. The smallest absolute Gasteiger partial charge is 0.119 e. The Kier molecular flexibility index (Phi) is 7.63. The molecule has 0 aliphatic rings. The first-order valence-electron chi connectivity index (χ1n) is 6.48. The molecule has 104 valence electrons. The van der Waals surface area contributed by atoms with Gasteiger partial charge >= 0.3 is 0 Å². The average Bonchev–Trinajstić information content (AvgIpc) is 2.41. The summed E-state index contributed by atoms with van der Waals surface area (Å²) in [5.74, 6) is 0.869. The molecule has 0 bridgehead atoms. The van der Waals surface area contributed by atoms with E-state index >= 15 is 0 Å². The lowest BCUT2D eigenvalue weighted by atomic mass is 10.2. The van der Waals surface area contributed by atoms with Crippen molar-refractivity contribution in [3.05, 3.63) is 54.6 Å². The predicted molar refractivity (Wildman–Crippen MR) is 79.5 cm³/mol. The fourth-order valence-electron chi connectivity index (χ4n) is 1.48. The molecule has 0 spiro atoms. The summed E-state index contributed by atoms with van der Waals surface area (Å²) in [6.07, 6.45) is 1.74. The van der Waals surface area contributed by atoms with Crippen LogP contribution in [0.3, 0.4) is 0 Å². The first-order valence-corrected chi connectivity index (χ1v) is 6.48. The molecular formula is C16H23NO2. The van der Waals surface area contributed by atoms with Crippen LogP contribution < -0.4 is 10.1 Å². The average molecular weight is 261 g/mol. The topological polar surface area (TPSA) is 30.5 Å². The quantitative estimate of drug-likeness (QED) is 0.519. The molecule has 0 atom stereocenters. The maximum Gasteiger partial charge on any atom is 0.119 e. The highest BCUT2D eigenvalue weighted by Gasteiger charge is 1.95. The van der Waals surface area contributed by atoms with E-state index in [4.69, 9.17) is 9.47 Å². The largest absolute Gasteiger partial charge is 0.490 e. The van der Waals surface area contributed by atoms with Crippen LogP contribution in [0.1, 0.15) is 12.5 Å². The Hall–Kier alpha value is -1.58. The van der Waals surface area contributed by atoms with Crippen molar-refractivity contribution in [2.45, 2.75) is 13.5 Å². The fourth-order valence-corrected chi connectivity index (χ4v) is 1.48. The molecule has 0 amide bonds. The molecule has 19 heavy (non-hydrogen) atoms. The van der Waals surface area contributed by atoms with Crippen molar-refractivity contribution < 1.29 is 9.47 Å². The van der Waals surface area contributed by atoms with E-state index in [0.717, 1.165) is 24.4 Å². The fraction of sp³-hybridized carbons (Fsp3) is 0.375. The first kappa shape index (κ1) is 15.5. The van der Waals surface area contributed by atoms with E-state index in [1.54, 1.807) is 6.08 Å². The van der Waals surface area contributed by atoms with Gasteiger partial charge < -0.3 is 14.8 Å². The number of hydrogen-bond acceptors (Lipinski definition) is 3. The van der Waals surface area contributed by atoms with Gasteiger partial charge in [0.25, 0.3) is 0 Å². The molecule has 0 aliphatic carbocycles. The van der Waals surface area contributed by atoms with Gasteiger partial charge in [-0.3, -0.25) is 0 Å². The lowest BCUT2D eigenvalue weighted by Gasteiger charge is -2.07. The highest BCUT2D eigenvalue weighted by atomic mass is 16.5. The van der Waals surface area contributed by atoms with E-state index in [9.17, 15) is 0 Å². The van der Waals surface area contributed by atoms with Gasteiger partial charge in [-0.05, 0) is 24.6 Å². The normalized spacial score (nSPS) is 10.2. The van der Waals surface area contributed by atoms with Gasteiger partial charge in [-0.15, -0.1) is 0 Å². The van der Waals surface area contributed by atoms with E-state index in [1.165, 1.54) is 5.56 Å². The van der Waals surface area contributed by atoms with Crippen molar-refractivity contribution in [1.82, 2.24) is 5.32 Å². The highest BCUT2D eigenvalue weighted by Crippen LogP contribution is 2.11. The van der Waals surface area contributed by atoms with Crippen LogP contribution >= 0.6 is 0 Å². The van der Waals surface area contributed by atoms with Crippen LogP contribution in [-0.2, 0) is 11.3 Å². The zero-order chi connectivity index (χ0) is 13.9. The first-order chi connectivity index (χ1) is 9.22. The second-order valence-electron chi connectivity index (χ2n) is 4.43. The molecule has 1 aromatic rings. The predicted octanol–water partition coefficient (Wildman–Crippen LogP) is 2.93. The molecule has 3 heteroatoms. The number of benzene rings is 1. The van der Waals surface area contributed by atoms with E-state index < -0.39 is 0 Å².